The molecule has 0 fully saturated rings. The maximum Gasteiger partial charge on any atom is 0.209 e. The van der Waals surface area contributed by atoms with Crippen LogP contribution >= 0.6 is 47.2 Å². The average Bonchev–Trinajstić information content (AvgIpc) is 2.56. The van der Waals surface area contributed by atoms with Gasteiger partial charge in [0.15, 0.2) is 11.5 Å². The topological polar surface area (TPSA) is 33.7 Å². The highest BCUT2D eigenvalue weighted by atomic mass is 35.6. The first-order valence-electron chi connectivity index (χ1n) is 8.11. The highest BCUT2D eigenvalue weighted by Crippen LogP contribution is 2.41. The Bertz CT molecular complexity index is 494. The molecule has 1 N–H and O–H groups in total. The van der Waals surface area contributed by atoms with E-state index in [2.05, 4.69) is 24.1 Å². The number of rotatable bonds is 10. The molecular weight excluding hydrogens is 406 g/mol. The van der Waals surface area contributed by atoms with E-state index >= 15 is 0 Å². The molecule has 0 radical (unpaired) electrons. The second kappa shape index (κ2) is 12.3. The third kappa shape index (κ3) is 7.98. The van der Waals surface area contributed by atoms with Gasteiger partial charge >= 0.3 is 0 Å². The molecule has 1 rings (SSSR count). The lowest BCUT2D eigenvalue weighted by atomic mass is 10.1. The van der Waals surface area contributed by atoms with E-state index in [4.69, 9.17) is 44.3 Å². The van der Waals surface area contributed by atoms with Crippen molar-refractivity contribution in [2.24, 2.45) is 0 Å². The monoisotopic (exact) mass is 432 g/mol. The van der Waals surface area contributed by atoms with Crippen LogP contribution in [0.15, 0.2) is 18.2 Å². The van der Waals surface area contributed by atoms with Crippen LogP contribution in [-0.2, 0) is 0 Å². The predicted octanol–water partition coefficient (Wildman–Crippen LogP) is 4.86. The second-order valence-corrected chi connectivity index (χ2v) is 7.79. The van der Waals surface area contributed by atoms with Gasteiger partial charge in [-0.3, -0.25) is 0 Å². The molecule has 1 aromatic rings. The minimum atomic E-state index is -1.46. The first kappa shape index (κ1) is 24.9. The maximum atomic E-state index is 6.18. The molecular formula is C17H28Cl4N2O2. The molecule has 1 unspecified atom stereocenters. The number of alkyl halides is 3. The molecule has 0 aliphatic rings. The van der Waals surface area contributed by atoms with Crippen molar-refractivity contribution in [1.82, 2.24) is 10.2 Å². The Morgan fingerprint density at radius 1 is 1.08 bits per heavy atom. The molecule has 0 aliphatic heterocycles. The molecule has 0 saturated heterocycles. The molecule has 0 bridgehead atoms. The summed E-state index contributed by atoms with van der Waals surface area (Å²) < 4.78 is 9.13. The van der Waals surface area contributed by atoms with Crippen molar-refractivity contribution in [1.29, 1.82) is 0 Å². The summed E-state index contributed by atoms with van der Waals surface area (Å²) in [7, 11) is 3.18. The van der Waals surface area contributed by atoms with Crippen LogP contribution in [0.5, 0.6) is 11.5 Å². The van der Waals surface area contributed by atoms with Crippen LogP contribution in [-0.4, -0.2) is 49.1 Å². The zero-order valence-electron chi connectivity index (χ0n) is 15.2. The minimum Gasteiger partial charge on any atom is -0.493 e. The normalized spacial score (nSPS) is 12.6. The van der Waals surface area contributed by atoms with E-state index in [9.17, 15) is 0 Å². The summed E-state index contributed by atoms with van der Waals surface area (Å²) in [6, 6.07) is 5.10. The molecule has 1 aromatic carbocycles. The highest BCUT2D eigenvalue weighted by molar-refractivity contribution is 6.68. The number of ether oxygens (including phenoxy) is 2. The Hall–Kier alpha value is -0.100. The summed E-state index contributed by atoms with van der Waals surface area (Å²) in [5.41, 5.74) is 0.843. The fraction of sp³-hybridized carbons (Fsp3) is 0.647. The second-order valence-electron chi connectivity index (χ2n) is 5.42. The number of hydrogen-bond donors (Lipinski definition) is 1. The minimum absolute atomic E-state index is 0. The van der Waals surface area contributed by atoms with Gasteiger partial charge in [0.05, 0.1) is 20.3 Å². The van der Waals surface area contributed by atoms with E-state index in [0.717, 1.165) is 38.2 Å². The van der Waals surface area contributed by atoms with E-state index in [1.165, 1.54) is 0 Å². The van der Waals surface area contributed by atoms with Crippen molar-refractivity contribution in [2.75, 3.05) is 40.4 Å². The Balaban J connectivity index is 0.00000576. The quantitative estimate of drug-likeness (QED) is 0.422. The number of hydrogen-bond acceptors (Lipinski definition) is 4. The fourth-order valence-corrected chi connectivity index (χ4v) is 3.15. The molecule has 0 heterocycles. The Kier molecular flexibility index (Phi) is 12.3. The Labute approximate surface area is 172 Å². The van der Waals surface area contributed by atoms with Gasteiger partial charge in [-0.2, -0.15) is 0 Å². The molecule has 0 aromatic heterocycles. The molecule has 0 amide bonds. The van der Waals surface area contributed by atoms with Crippen LogP contribution in [0, 0.1) is 0 Å². The standard InChI is InChI=1S/C17H27Cl3N2O2.ClH/c1-5-22(6-2)11-7-10-21-16(17(18,19)20)13-8-9-14(23-3)15(12-13)24-4;/h8-9,12,16,21H,5-7,10-11H2,1-4H3;1H. The zero-order valence-corrected chi connectivity index (χ0v) is 18.2. The molecule has 4 nitrogen and oxygen atoms in total. The van der Waals surface area contributed by atoms with E-state index < -0.39 is 9.83 Å². The smallest absolute Gasteiger partial charge is 0.209 e. The largest absolute Gasteiger partial charge is 0.493 e. The van der Waals surface area contributed by atoms with Gasteiger partial charge in [0.2, 0.25) is 3.79 Å². The SMILES string of the molecule is CCN(CC)CCCNC(c1ccc(OC)c(OC)c1)C(Cl)(Cl)Cl.Cl. The first-order valence-corrected chi connectivity index (χ1v) is 9.25. The summed E-state index contributed by atoms with van der Waals surface area (Å²) in [4.78, 5) is 2.36. The lowest BCUT2D eigenvalue weighted by Crippen LogP contribution is -2.34. The van der Waals surface area contributed by atoms with Gasteiger partial charge < -0.3 is 19.7 Å². The predicted molar refractivity (Wildman–Crippen MR) is 110 cm³/mol. The average molecular weight is 434 g/mol. The molecule has 0 spiro atoms. The number of benzene rings is 1. The number of nitrogens with one attached hydrogen (secondary N) is 1. The van der Waals surface area contributed by atoms with Crippen LogP contribution in [0.4, 0.5) is 0 Å². The molecule has 146 valence electrons. The van der Waals surface area contributed by atoms with Gasteiger partial charge in [-0.1, -0.05) is 54.7 Å². The third-order valence-electron chi connectivity index (χ3n) is 3.96. The lowest BCUT2D eigenvalue weighted by molar-refractivity contribution is 0.295. The molecule has 1 atom stereocenters. The van der Waals surface area contributed by atoms with Crippen molar-refractivity contribution in [2.45, 2.75) is 30.1 Å². The van der Waals surface area contributed by atoms with Crippen LogP contribution in [0.2, 0.25) is 0 Å². The van der Waals surface area contributed by atoms with Crippen molar-refractivity contribution in [3.05, 3.63) is 23.8 Å². The fourth-order valence-electron chi connectivity index (χ4n) is 2.54. The molecule has 8 heteroatoms. The summed E-state index contributed by atoms with van der Waals surface area (Å²) >= 11 is 18.6. The van der Waals surface area contributed by atoms with Gasteiger partial charge in [-0.05, 0) is 50.3 Å². The van der Waals surface area contributed by atoms with Crippen LogP contribution in [0.25, 0.3) is 0 Å². The van der Waals surface area contributed by atoms with Crippen molar-refractivity contribution >= 4 is 47.2 Å². The van der Waals surface area contributed by atoms with Gasteiger partial charge in [-0.25, -0.2) is 0 Å². The molecule has 0 aliphatic carbocycles. The van der Waals surface area contributed by atoms with Crippen molar-refractivity contribution in [3.8, 4) is 11.5 Å². The van der Waals surface area contributed by atoms with Crippen LogP contribution in [0.1, 0.15) is 31.9 Å². The van der Waals surface area contributed by atoms with E-state index in [1.807, 2.05) is 18.2 Å². The lowest BCUT2D eigenvalue weighted by Gasteiger charge is -2.27. The molecule has 25 heavy (non-hydrogen) atoms. The van der Waals surface area contributed by atoms with Gasteiger partial charge in [0.25, 0.3) is 0 Å². The van der Waals surface area contributed by atoms with Crippen LogP contribution in [0.3, 0.4) is 0 Å². The summed E-state index contributed by atoms with van der Waals surface area (Å²) in [5.74, 6) is 1.25. The van der Waals surface area contributed by atoms with Crippen molar-refractivity contribution in [3.63, 3.8) is 0 Å². The maximum absolute atomic E-state index is 6.18. The first-order chi connectivity index (χ1) is 11.4. The number of nitrogens with zero attached hydrogens (tertiary/aromatic N) is 1. The molecule has 0 saturated carbocycles. The van der Waals surface area contributed by atoms with E-state index in [1.54, 1.807) is 14.2 Å². The van der Waals surface area contributed by atoms with Crippen LogP contribution < -0.4 is 14.8 Å². The van der Waals surface area contributed by atoms with Crippen molar-refractivity contribution < 1.29 is 9.47 Å². The summed E-state index contributed by atoms with van der Waals surface area (Å²) in [6.45, 7) is 8.16. The third-order valence-corrected chi connectivity index (χ3v) is 4.62. The number of halogens is 4. The van der Waals surface area contributed by atoms with E-state index in [0.29, 0.717) is 11.5 Å². The van der Waals surface area contributed by atoms with Gasteiger partial charge in [0.1, 0.15) is 0 Å². The summed E-state index contributed by atoms with van der Waals surface area (Å²) in [5, 5.41) is 3.35. The van der Waals surface area contributed by atoms with Gasteiger partial charge in [0, 0.05) is 0 Å². The summed E-state index contributed by atoms with van der Waals surface area (Å²) in [6.07, 6.45) is 0.978. The Morgan fingerprint density at radius 3 is 2.16 bits per heavy atom. The van der Waals surface area contributed by atoms with Gasteiger partial charge in [-0.15, -0.1) is 12.4 Å². The van der Waals surface area contributed by atoms with E-state index in [-0.39, 0.29) is 12.4 Å². The Morgan fingerprint density at radius 2 is 1.68 bits per heavy atom. The highest BCUT2D eigenvalue weighted by Gasteiger charge is 2.34. The zero-order chi connectivity index (χ0) is 18.2. The number of methoxy groups -OCH3 is 2.